The first kappa shape index (κ1) is 21.8. The number of ether oxygens (including phenoxy) is 1. The molecule has 0 saturated heterocycles. The van der Waals surface area contributed by atoms with Gasteiger partial charge >= 0.3 is 0 Å². The van der Waals surface area contributed by atoms with Crippen LogP contribution in [-0.4, -0.2) is 4.57 Å². The van der Waals surface area contributed by atoms with Gasteiger partial charge in [-0.2, -0.15) is 0 Å². The zero-order chi connectivity index (χ0) is 25.1. The molecule has 2 heteroatoms. The maximum Gasteiger partial charge on any atom is 0.136 e. The molecule has 8 rings (SSSR count). The Kier molecular flexibility index (Phi) is 4.94. The lowest BCUT2D eigenvalue weighted by molar-refractivity contribution is 0.132. The standard InChI is InChI=1S/C36H29NO/c1-3-11-24(12-4-1)26-21-27(25-13-5-2-6-14-25)23-28(22-26)37-32-17-9-7-16-31(32)35-33(37)20-19-30-29-15-8-10-18-34(29)38-36(30)35/h1-7,10-14,16,18-23,30,36H,8-9,15,17H2. The molecule has 3 aromatic carbocycles. The van der Waals surface area contributed by atoms with Gasteiger partial charge in [0.05, 0.1) is 5.69 Å². The first-order valence-electron chi connectivity index (χ1n) is 13.8. The minimum atomic E-state index is 0.0615. The number of hydrogen-bond acceptors (Lipinski definition) is 1. The van der Waals surface area contributed by atoms with Gasteiger partial charge in [0.25, 0.3) is 0 Å². The Morgan fingerprint density at radius 1 is 0.684 bits per heavy atom. The zero-order valence-corrected chi connectivity index (χ0v) is 21.3. The summed E-state index contributed by atoms with van der Waals surface area (Å²) in [6.07, 6.45) is 18.3. The molecule has 4 aliphatic rings. The molecule has 0 spiro atoms. The van der Waals surface area contributed by atoms with Gasteiger partial charge in [0.15, 0.2) is 0 Å². The van der Waals surface area contributed by atoms with Crippen molar-refractivity contribution in [2.45, 2.75) is 31.8 Å². The molecule has 1 aromatic heterocycles. The molecule has 38 heavy (non-hydrogen) atoms. The third kappa shape index (κ3) is 3.33. The molecule has 2 nitrogen and oxygen atoms in total. The molecule has 0 fully saturated rings. The molecule has 1 aliphatic heterocycles. The van der Waals surface area contributed by atoms with E-state index in [9.17, 15) is 0 Å². The lowest BCUT2D eigenvalue weighted by atomic mass is 9.81. The van der Waals surface area contributed by atoms with Crippen LogP contribution in [0.25, 0.3) is 40.1 Å². The van der Waals surface area contributed by atoms with Crippen molar-refractivity contribution in [3.05, 3.63) is 137 Å². The van der Waals surface area contributed by atoms with Gasteiger partial charge in [-0.15, -0.1) is 0 Å². The Morgan fingerprint density at radius 3 is 2.11 bits per heavy atom. The highest BCUT2D eigenvalue weighted by molar-refractivity contribution is 5.79. The molecule has 2 heterocycles. The van der Waals surface area contributed by atoms with E-state index in [1.54, 1.807) is 0 Å². The first-order chi connectivity index (χ1) is 18.8. The van der Waals surface area contributed by atoms with Crippen LogP contribution in [0.3, 0.4) is 0 Å². The lowest BCUT2D eigenvalue weighted by Gasteiger charge is -2.24. The molecular weight excluding hydrogens is 462 g/mol. The number of fused-ring (bicyclic) bond motifs is 6. The van der Waals surface area contributed by atoms with E-state index in [-0.39, 0.29) is 6.10 Å². The van der Waals surface area contributed by atoms with Crippen molar-refractivity contribution in [1.82, 2.24) is 4.57 Å². The molecular formula is C36H29NO. The van der Waals surface area contributed by atoms with E-state index >= 15 is 0 Å². The van der Waals surface area contributed by atoms with Crippen molar-refractivity contribution in [3.63, 3.8) is 0 Å². The van der Waals surface area contributed by atoms with Crippen LogP contribution in [0.4, 0.5) is 0 Å². The maximum absolute atomic E-state index is 6.69. The van der Waals surface area contributed by atoms with E-state index in [2.05, 4.69) is 120 Å². The third-order valence-electron chi connectivity index (χ3n) is 8.50. The van der Waals surface area contributed by atoms with E-state index in [0.717, 1.165) is 31.4 Å². The number of hydrogen-bond donors (Lipinski definition) is 0. The summed E-state index contributed by atoms with van der Waals surface area (Å²) in [4.78, 5) is 0. The van der Waals surface area contributed by atoms with Crippen LogP contribution in [-0.2, 0) is 11.2 Å². The van der Waals surface area contributed by atoms with E-state index in [0.29, 0.717) is 5.92 Å². The second kappa shape index (κ2) is 8.63. The smallest absolute Gasteiger partial charge is 0.136 e. The van der Waals surface area contributed by atoms with Crippen molar-refractivity contribution in [2.24, 2.45) is 5.92 Å². The number of rotatable bonds is 3. The second-order valence-corrected chi connectivity index (χ2v) is 10.7. The van der Waals surface area contributed by atoms with E-state index in [1.807, 2.05) is 0 Å². The fraction of sp³-hybridized carbons (Fsp3) is 0.167. The van der Waals surface area contributed by atoms with E-state index in [1.165, 1.54) is 56.0 Å². The van der Waals surface area contributed by atoms with Crippen molar-refractivity contribution >= 4 is 12.2 Å². The van der Waals surface area contributed by atoms with Gasteiger partial charge in [-0.1, -0.05) is 85.0 Å². The van der Waals surface area contributed by atoms with Gasteiger partial charge < -0.3 is 9.30 Å². The number of nitrogens with zero attached hydrogens (tertiary/aromatic N) is 1. The van der Waals surface area contributed by atoms with Gasteiger partial charge in [0, 0.05) is 28.4 Å². The summed E-state index contributed by atoms with van der Waals surface area (Å²) < 4.78 is 9.22. The molecule has 0 N–H and O–H groups in total. The molecule has 3 aliphatic carbocycles. The fourth-order valence-electron chi connectivity index (χ4n) is 6.78. The summed E-state index contributed by atoms with van der Waals surface area (Å²) >= 11 is 0. The molecule has 2 unspecified atom stereocenters. The monoisotopic (exact) mass is 491 g/mol. The Balaban J connectivity index is 1.35. The average Bonchev–Trinajstić information content (AvgIpc) is 3.53. The second-order valence-electron chi connectivity index (χ2n) is 10.7. The zero-order valence-electron chi connectivity index (χ0n) is 21.3. The van der Waals surface area contributed by atoms with Gasteiger partial charge in [-0.05, 0) is 83.9 Å². The van der Waals surface area contributed by atoms with Crippen molar-refractivity contribution in [1.29, 1.82) is 0 Å². The summed E-state index contributed by atoms with van der Waals surface area (Å²) in [6.45, 7) is 0. The van der Waals surface area contributed by atoms with E-state index < -0.39 is 0 Å². The third-order valence-corrected chi connectivity index (χ3v) is 8.50. The minimum absolute atomic E-state index is 0.0615. The van der Waals surface area contributed by atoms with Crippen LogP contribution >= 0.6 is 0 Å². The average molecular weight is 492 g/mol. The van der Waals surface area contributed by atoms with Crippen LogP contribution in [0.1, 0.15) is 47.9 Å². The van der Waals surface area contributed by atoms with E-state index in [4.69, 9.17) is 4.74 Å². The lowest BCUT2D eigenvalue weighted by Crippen LogP contribution is -2.14. The Morgan fingerprint density at radius 2 is 1.37 bits per heavy atom. The molecule has 0 bridgehead atoms. The summed E-state index contributed by atoms with van der Waals surface area (Å²) in [7, 11) is 0. The number of allylic oxidation sites excluding steroid dienone is 3. The largest absolute Gasteiger partial charge is 0.485 e. The fourth-order valence-corrected chi connectivity index (χ4v) is 6.78. The summed E-state index contributed by atoms with van der Waals surface area (Å²) in [5.74, 6) is 1.44. The van der Waals surface area contributed by atoms with Crippen LogP contribution in [0.15, 0.2) is 114 Å². The molecule has 2 atom stereocenters. The summed E-state index contributed by atoms with van der Waals surface area (Å²) in [5, 5.41) is 0. The molecule has 184 valence electrons. The predicted molar refractivity (Wildman–Crippen MR) is 156 cm³/mol. The molecule has 0 saturated carbocycles. The number of benzene rings is 3. The van der Waals surface area contributed by atoms with Crippen molar-refractivity contribution in [3.8, 4) is 27.9 Å². The van der Waals surface area contributed by atoms with Crippen molar-refractivity contribution in [2.75, 3.05) is 0 Å². The highest BCUT2D eigenvalue weighted by Gasteiger charge is 2.42. The minimum Gasteiger partial charge on any atom is -0.485 e. The van der Waals surface area contributed by atoms with Crippen LogP contribution in [0.5, 0.6) is 0 Å². The Hall–Kier alpha value is -4.30. The quantitative estimate of drug-likeness (QED) is 0.279. The van der Waals surface area contributed by atoms with Gasteiger partial charge in [0.2, 0.25) is 0 Å². The highest BCUT2D eigenvalue weighted by atomic mass is 16.5. The Bertz CT molecular complexity index is 1620. The van der Waals surface area contributed by atoms with Gasteiger partial charge in [-0.25, -0.2) is 0 Å². The maximum atomic E-state index is 6.69. The Labute approximate surface area is 223 Å². The first-order valence-corrected chi connectivity index (χ1v) is 13.8. The molecule has 0 radical (unpaired) electrons. The van der Waals surface area contributed by atoms with Gasteiger partial charge in [0.1, 0.15) is 11.9 Å². The summed E-state index contributed by atoms with van der Waals surface area (Å²) in [6, 6.07) is 28.5. The van der Waals surface area contributed by atoms with Crippen molar-refractivity contribution < 1.29 is 4.74 Å². The summed E-state index contributed by atoms with van der Waals surface area (Å²) in [5.41, 5.74) is 13.0. The molecule has 0 amide bonds. The van der Waals surface area contributed by atoms with Crippen LogP contribution < -0.4 is 0 Å². The van der Waals surface area contributed by atoms with Gasteiger partial charge in [-0.3, -0.25) is 0 Å². The topological polar surface area (TPSA) is 14.2 Å². The normalized spacial score (nSPS) is 20.5. The van der Waals surface area contributed by atoms with Crippen LogP contribution in [0.2, 0.25) is 0 Å². The van der Waals surface area contributed by atoms with Crippen LogP contribution in [0, 0.1) is 5.92 Å². The predicted octanol–water partition coefficient (Wildman–Crippen LogP) is 9.09. The highest BCUT2D eigenvalue weighted by Crippen LogP contribution is 2.52. The SMILES string of the molecule is C1=CC2=C(CC1)C1C=Cc3c(c4c(n3-c3cc(-c5ccccc5)cc(-c5ccccc5)c3)CCC=C4)C1O2. The molecule has 4 aromatic rings. The number of aromatic nitrogens is 1.